The number of likely N-dealkylation sites (N-methyl/N-ethyl adjacent to an activating group) is 1. The molecule has 1 atom stereocenters. The number of ether oxygens (including phenoxy) is 1. The van der Waals surface area contributed by atoms with Crippen LogP contribution in [-0.4, -0.2) is 57.6 Å². The number of nitrogens with one attached hydrogen (secondary N) is 1. The van der Waals surface area contributed by atoms with E-state index in [0.717, 1.165) is 22.8 Å². The summed E-state index contributed by atoms with van der Waals surface area (Å²) < 4.78 is 18.6. The Labute approximate surface area is 161 Å². The monoisotopic (exact) mass is 372 g/mol. The molecule has 0 aliphatic rings. The molecule has 2 aromatic rings. The lowest BCUT2D eigenvalue weighted by molar-refractivity contribution is 0.285. The van der Waals surface area contributed by atoms with Gasteiger partial charge < -0.3 is 19.9 Å². The number of methoxy groups -OCH3 is 1. The summed E-state index contributed by atoms with van der Waals surface area (Å²) >= 11 is 0. The second kappa shape index (κ2) is 9.92. The van der Waals surface area contributed by atoms with Crippen molar-refractivity contribution in [2.45, 2.75) is 12.6 Å². The van der Waals surface area contributed by atoms with Crippen LogP contribution in [0.15, 0.2) is 53.5 Å². The number of rotatable bonds is 7. The average Bonchev–Trinajstić information content (AvgIpc) is 2.66. The van der Waals surface area contributed by atoms with Crippen molar-refractivity contribution in [1.82, 2.24) is 15.1 Å². The van der Waals surface area contributed by atoms with Gasteiger partial charge in [0.05, 0.1) is 13.2 Å². The van der Waals surface area contributed by atoms with Crippen molar-refractivity contribution in [3.05, 3.63) is 65.5 Å². The summed E-state index contributed by atoms with van der Waals surface area (Å²) in [5, 5.41) is 3.44. The molecule has 27 heavy (non-hydrogen) atoms. The number of aliphatic imine (C=N–C) groups is 1. The van der Waals surface area contributed by atoms with Gasteiger partial charge in [-0.05, 0) is 37.9 Å². The fourth-order valence-electron chi connectivity index (χ4n) is 3.02. The van der Waals surface area contributed by atoms with Gasteiger partial charge in [0.25, 0.3) is 0 Å². The Bertz CT molecular complexity index is 746. The largest absolute Gasteiger partial charge is 0.496 e. The Kier molecular flexibility index (Phi) is 7.61. The number of halogens is 1. The zero-order valence-electron chi connectivity index (χ0n) is 16.7. The van der Waals surface area contributed by atoms with Gasteiger partial charge in [-0.3, -0.25) is 4.99 Å². The number of hydrogen-bond donors (Lipinski definition) is 1. The van der Waals surface area contributed by atoms with Gasteiger partial charge in [0.2, 0.25) is 0 Å². The van der Waals surface area contributed by atoms with Crippen molar-refractivity contribution in [3.63, 3.8) is 0 Å². The van der Waals surface area contributed by atoms with Gasteiger partial charge in [-0.2, -0.15) is 0 Å². The number of hydrogen-bond acceptors (Lipinski definition) is 3. The molecule has 1 N–H and O–H groups in total. The van der Waals surface area contributed by atoms with E-state index in [0.29, 0.717) is 13.1 Å². The van der Waals surface area contributed by atoms with Gasteiger partial charge in [0.15, 0.2) is 5.96 Å². The fourth-order valence-corrected chi connectivity index (χ4v) is 3.02. The van der Waals surface area contributed by atoms with E-state index in [1.807, 2.05) is 44.2 Å². The normalized spacial score (nSPS) is 12.8. The van der Waals surface area contributed by atoms with Gasteiger partial charge in [-0.15, -0.1) is 0 Å². The molecular weight excluding hydrogens is 343 g/mol. The molecule has 0 aliphatic carbocycles. The molecule has 0 saturated carbocycles. The molecule has 6 heteroatoms. The van der Waals surface area contributed by atoms with Crippen molar-refractivity contribution in [2.24, 2.45) is 4.99 Å². The van der Waals surface area contributed by atoms with Gasteiger partial charge in [0.1, 0.15) is 11.6 Å². The summed E-state index contributed by atoms with van der Waals surface area (Å²) in [6.45, 7) is 1.31. The first kappa shape index (κ1) is 20.7. The van der Waals surface area contributed by atoms with E-state index >= 15 is 0 Å². The Balaban J connectivity index is 2.06. The molecule has 0 spiro atoms. The molecule has 0 saturated heterocycles. The van der Waals surface area contributed by atoms with Gasteiger partial charge >= 0.3 is 0 Å². The summed E-state index contributed by atoms with van der Waals surface area (Å²) in [6.07, 6.45) is 0. The summed E-state index contributed by atoms with van der Waals surface area (Å²) in [5.41, 5.74) is 2.14. The summed E-state index contributed by atoms with van der Waals surface area (Å²) in [7, 11) is 9.51. The minimum absolute atomic E-state index is 0.122. The van der Waals surface area contributed by atoms with Crippen LogP contribution < -0.4 is 10.1 Å². The molecule has 2 rings (SSSR count). The zero-order chi connectivity index (χ0) is 19.8. The Morgan fingerprint density at radius 3 is 2.37 bits per heavy atom. The molecule has 0 aromatic heterocycles. The fraction of sp³-hybridized carbons (Fsp3) is 0.381. The van der Waals surface area contributed by atoms with Crippen LogP contribution in [0, 0.1) is 5.82 Å². The topological polar surface area (TPSA) is 40.1 Å². The minimum atomic E-state index is -0.227. The highest BCUT2D eigenvalue weighted by Gasteiger charge is 2.19. The van der Waals surface area contributed by atoms with E-state index in [1.165, 1.54) is 12.1 Å². The highest BCUT2D eigenvalue weighted by molar-refractivity contribution is 5.79. The lowest BCUT2D eigenvalue weighted by Gasteiger charge is -2.29. The molecule has 0 bridgehead atoms. The predicted octanol–water partition coefficient (Wildman–Crippen LogP) is 3.14. The molecular formula is C21H29FN4O. The molecule has 0 aliphatic heterocycles. The van der Waals surface area contributed by atoms with Crippen LogP contribution in [0.4, 0.5) is 4.39 Å². The number of para-hydroxylation sites is 1. The second-order valence-corrected chi connectivity index (χ2v) is 6.63. The van der Waals surface area contributed by atoms with E-state index in [9.17, 15) is 4.39 Å². The van der Waals surface area contributed by atoms with Crippen molar-refractivity contribution < 1.29 is 9.13 Å². The van der Waals surface area contributed by atoms with E-state index in [-0.39, 0.29) is 11.9 Å². The molecule has 0 radical (unpaired) electrons. The van der Waals surface area contributed by atoms with Crippen LogP contribution in [0.2, 0.25) is 0 Å². The van der Waals surface area contributed by atoms with Gasteiger partial charge in [0, 0.05) is 32.7 Å². The molecule has 5 nitrogen and oxygen atoms in total. The third-order valence-corrected chi connectivity index (χ3v) is 4.48. The molecule has 146 valence electrons. The lowest BCUT2D eigenvalue weighted by Crippen LogP contribution is -2.42. The maximum absolute atomic E-state index is 13.1. The second-order valence-electron chi connectivity index (χ2n) is 6.63. The van der Waals surface area contributed by atoms with Crippen LogP contribution in [-0.2, 0) is 6.54 Å². The Morgan fingerprint density at radius 1 is 1.11 bits per heavy atom. The van der Waals surface area contributed by atoms with Gasteiger partial charge in [-0.1, -0.05) is 30.3 Å². The highest BCUT2D eigenvalue weighted by atomic mass is 19.1. The maximum atomic E-state index is 13.1. The predicted molar refractivity (Wildman–Crippen MR) is 109 cm³/mol. The van der Waals surface area contributed by atoms with Crippen LogP contribution in [0.1, 0.15) is 17.2 Å². The Morgan fingerprint density at radius 2 is 1.78 bits per heavy atom. The summed E-state index contributed by atoms with van der Waals surface area (Å²) in [6, 6.07) is 14.7. The van der Waals surface area contributed by atoms with Crippen molar-refractivity contribution in [3.8, 4) is 5.75 Å². The average molecular weight is 372 g/mol. The van der Waals surface area contributed by atoms with Crippen LogP contribution in [0.3, 0.4) is 0 Å². The van der Waals surface area contributed by atoms with Crippen LogP contribution in [0.25, 0.3) is 0 Å². The molecule has 0 amide bonds. The molecule has 1 unspecified atom stereocenters. The quantitative estimate of drug-likeness (QED) is 0.599. The van der Waals surface area contributed by atoms with E-state index in [4.69, 9.17) is 4.74 Å². The SMILES string of the molecule is CN=C(NCC(c1ccccc1OC)N(C)C)N(C)Cc1ccc(F)cc1. The Hall–Kier alpha value is -2.60. The first-order chi connectivity index (χ1) is 13.0. The van der Waals surface area contributed by atoms with Gasteiger partial charge in [-0.25, -0.2) is 4.39 Å². The lowest BCUT2D eigenvalue weighted by atomic mass is 10.0. The van der Waals surface area contributed by atoms with Crippen molar-refractivity contribution >= 4 is 5.96 Å². The summed E-state index contributed by atoms with van der Waals surface area (Å²) in [4.78, 5) is 8.54. The first-order valence-corrected chi connectivity index (χ1v) is 8.91. The smallest absolute Gasteiger partial charge is 0.193 e. The minimum Gasteiger partial charge on any atom is -0.496 e. The standard InChI is InChI=1S/C21H29FN4O/c1-23-21(26(4)15-16-10-12-17(22)13-11-16)24-14-19(25(2)3)18-8-6-7-9-20(18)27-5/h6-13,19H,14-15H2,1-5H3,(H,23,24). The van der Waals surface area contributed by atoms with Crippen LogP contribution >= 0.6 is 0 Å². The maximum Gasteiger partial charge on any atom is 0.193 e. The number of nitrogens with zero attached hydrogens (tertiary/aromatic N) is 3. The van der Waals surface area contributed by atoms with Crippen molar-refractivity contribution in [1.29, 1.82) is 0 Å². The first-order valence-electron chi connectivity index (χ1n) is 8.91. The summed E-state index contributed by atoms with van der Waals surface area (Å²) in [5.74, 6) is 1.42. The third-order valence-electron chi connectivity index (χ3n) is 4.48. The highest BCUT2D eigenvalue weighted by Crippen LogP contribution is 2.27. The van der Waals surface area contributed by atoms with E-state index in [1.54, 1.807) is 26.3 Å². The van der Waals surface area contributed by atoms with Crippen molar-refractivity contribution in [2.75, 3.05) is 41.8 Å². The number of benzene rings is 2. The van der Waals surface area contributed by atoms with Crippen LogP contribution in [0.5, 0.6) is 5.75 Å². The van der Waals surface area contributed by atoms with E-state index in [2.05, 4.69) is 21.3 Å². The molecule has 2 aromatic carbocycles. The molecule has 0 heterocycles. The molecule has 0 fully saturated rings. The zero-order valence-corrected chi connectivity index (χ0v) is 16.7. The number of guanidine groups is 1. The van der Waals surface area contributed by atoms with E-state index < -0.39 is 0 Å². The third kappa shape index (κ3) is 5.69.